The van der Waals surface area contributed by atoms with E-state index in [2.05, 4.69) is 22.9 Å². The Labute approximate surface area is 91.3 Å². The number of nitrogens with zero attached hydrogens (tertiary/aromatic N) is 2. The monoisotopic (exact) mass is 205 g/mol. The smallest absolute Gasteiger partial charge is 0.133 e. The maximum absolute atomic E-state index is 5.74. The van der Waals surface area contributed by atoms with Gasteiger partial charge in [-0.05, 0) is 25.3 Å². The summed E-state index contributed by atoms with van der Waals surface area (Å²) in [5.41, 5.74) is 6.90. The molecule has 82 valence electrons. The van der Waals surface area contributed by atoms with Crippen molar-refractivity contribution < 1.29 is 0 Å². The molecule has 15 heavy (non-hydrogen) atoms. The summed E-state index contributed by atoms with van der Waals surface area (Å²) in [5.74, 6) is 1.10. The molecule has 0 spiro atoms. The van der Waals surface area contributed by atoms with Crippen LogP contribution < -0.4 is 10.6 Å². The third kappa shape index (κ3) is 2.29. The van der Waals surface area contributed by atoms with Crippen molar-refractivity contribution in [2.24, 2.45) is 5.73 Å². The number of pyridine rings is 1. The minimum atomic E-state index is 0.579. The van der Waals surface area contributed by atoms with Crippen LogP contribution in [-0.2, 0) is 6.54 Å². The van der Waals surface area contributed by atoms with Crippen LogP contribution in [0, 0.1) is 0 Å². The van der Waals surface area contributed by atoms with Gasteiger partial charge in [0.2, 0.25) is 0 Å². The van der Waals surface area contributed by atoms with Gasteiger partial charge in [0.25, 0.3) is 0 Å². The van der Waals surface area contributed by atoms with E-state index in [0.717, 1.165) is 24.3 Å². The maximum Gasteiger partial charge on any atom is 0.133 e. The Morgan fingerprint density at radius 3 is 2.93 bits per heavy atom. The molecule has 1 aromatic rings. The van der Waals surface area contributed by atoms with Gasteiger partial charge in [0.05, 0.1) is 0 Å². The summed E-state index contributed by atoms with van der Waals surface area (Å²) in [4.78, 5) is 6.89. The number of rotatable bonds is 5. The second-order valence-electron chi connectivity index (χ2n) is 4.11. The predicted molar refractivity (Wildman–Crippen MR) is 62.8 cm³/mol. The summed E-state index contributed by atoms with van der Waals surface area (Å²) in [7, 11) is 0. The molecule has 2 N–H and O–H groups in total. The van der Waals surface area contributed by atoms with Gasteiger partial charge in [0, 0.05) is 30.9 Å². The van der Waals surface area contributed by atoms with Crippen LogP contribution in [0.5, 0.6) is 0 Å². The molecule has 1 heterocycles. The Morgan fingerprint density at radius 1 is 1.53 bits per heavy atom. The van der Waals surface area contributed by atoms with Crippen LogP contribution in [0.1, 0.15) is 31.7 Å². The van der Waals surface area contributed by atoms with Gasteiger partial charge in [-0.1, -0.05) is 13.0 Å². The molecular weight excluding hydrogens is 186 g/mol. The van der Waals surface area contributed by atoms with Gasteiger partial charge in [-0.15, -0.1) is 0 Å². The van der Waals surface area contributed by atoms with E-state index in [0.29, 0.717) is 12.6 Å². The first-order valence-electron chi connectivity index (χ1n) is 5.77. The molecule has 1 aliphatic rings. The zero-order chi connectivity index (χ0) is 10.7. The number of aromatic nitrogens is 1. The van der Waals surface area contributed by atoms with E-state index < -0.39 is 0 Å². The normalized spacial score (nSPS) is 15.3. The quantitative estimate of drug-likeness (QED) is 0.798. The van der Waals surface area contributed by atoms with Crippen LogP contribution in [0.3, 0.4) is 0 Å². The third-order valence-electron chi connectivity index (χ3n) is 2.81. The predicted octanol–water partition coefficient (Wildman–Crippen LogP) is 1.92. The fourth-order valence-electron chi connectivity index (χ4n) is 1.94. The summed E-state index contributed by atoms with van der Waals surface area (Å²) in [5, 5.41) is 0. The number of nitrogens with two attached hydrogens (primary N) is 1. The number of anilines is 1. The van der Waals surface area contributed by atoms with Crippen LogP contribution in [0.4, 0.5) is 5.82 Å². The first-order valence-corrected chi connectivity index (χ1v) is 5.77. The SMILES string of the molecule is CCCN(c1ncccc1CN)C1CC1. The summed E-state index contributed by atoms with van der Waals surface area (Å²) in [6.45, 7) is 3.88. The summed E-state index contributed by atoms with van der Waals surface area (Å²) >= 11 is 0. The van der Waals surface area contributed by atoms with E-state index in [-0.39, 0.29) is 0 Å². The summed E-state index contributed by atoms with van der Waals surface area (Å²) < 4.78 is 0. The molecule has 1 aromatic heterocycles. The lowest BCUT2D eigenvalue weighted by Crippen LogP contribution is -2.28. The molecule has 1 saturated carbocycles. The average Bonchev–Trinajstić information content (AvgIpc) is 3.10. The van der Waals surface area contributed by atoms with Crippen molar-refractivity contribution in [3.05, 3.63) is 23.9 Å². The van der Waals surface area contributed by atoms with Gasteiger partial charge in [0.1, 0.15) is 5.82 Å². The Balaban J connectivity index is 2.23. The Kier molecular flexibility index (Phi) is 3.21. The average molecular weight is 205 g/mol. The molecule has 3 heteroatoms. The second kappa shape index (κ2) is 4.62. The lowest BCUT2D eigenvalue weighted by Gasteiger charge is -2.24. The maximum atomic E-state index is 5.74. The topological polar surface area (TPSA) is 42.2 Å². The lowest BCUT2D eigenvalue weighted by atomic mass is 10.2. The van der Waals surface area contributed by atoms with E-state index in [9.17, 15) is 0 Å². The highest BCUT2D eigenvalue weighted by Gasteiger charge is 2.30. The molecule has 3 nitrogen and oxygen atoms in total. The molecule has 0 saturated heterocycles. The zero-order valence-corrected chi connectivity index (χ0v) is 9.32. The van der Waals surface area contributed by atoms with Crippen molar-refractivity contribution in [2.75, 3.05) is 11.4 Å². The number of hydrogen-bond acceptors (Lipinski definition) is 3. The van der Waals surface area contributed by atoms with Crippen molar-refractivity contribution in [3.8, 4) is 0 Å². The van der Waals surface area contributed by atoms with E-state index in [1.807, 2.05) is 12.3 Å². The molecule has 1 aliphatic carbocycles. The minimum absolute atomic E-state index is 0.579. The number of hydrogen-bond donors (Lipinski definition) is 1. The highest BCUT2D eigenvalue weighted by molar-refractivity contribution is 5.48. The molecule has 2 rings (SSSR count). The summed E-state index contributed by atoms with van der Waals surface area (Å²) in [6.07, 6.45) is 5.64. The van der Waals surface area contributed by atoms with Crippen LogP contribution in [0.25, 0.3) is 0 Å². The first-order chi connectivity index (χ1) is 7.36. The van der Waals surface area contributed by atoms with Crippen LogP contribution in [0.2, 0.25) is 0 Å². The van der Waals surface area contributed by atoms with E-state index in [1.165, 1.54) is 12.8 Å². The van der Waals surface area contributed by atoms with E-state index in [1.54, 1.807) is 0 Å². The zero-order valence-electron chi connectivity index (χ0n) is 9.32. The molecule has 0 aromatic carbocycles. The molecule has 0 atom stereocenters. The van der Waals surface area contributed by atoms with E-state index in [4.69, 9.17) is 5.73 Å². The Bertz CT molecular complexity index is 320. The molecule has 0 bridgehead atoms. The fourth-order valence-corrected chi connectivity index (χ4v) is 1.94. The molecule has 1 fully saturated rings. The van der Waals surface area contributed by atoms with E-state index >= 15 is 0 Å². The van der Waals surface area contributed by atoms with Crippen molar-refractivity contribution in [2.45, 2.75) is 38.8 Å². The second-order valence-corrected chi connectivity index (χ2v) is 4.11. The van der Waals surface area contributed by atoms with Gasteiger partial charge in [-0.25, -0.2) is 4.98 Å². The summed E-state index contributed by atoms with van der Waals surface area (Å²) in [6, 6.07) is 4.75. The molecule has 0 aliphatic heterocycles. The standard InChI is InChI=1S/C12H19N3/c1-2-8-15(11-5-6-11)12-10(9-13)4-3-7-14-12/h3-4,7,11H,2,5-6,8-9,13H2,1H3. The first kappa shape index (κ1) is 10.4. The van der Waals surface area contributed by atoms with Crippen molar-refractivity contribution in [1.82, 2.24) is 4.98 Å². The van der Waals surface area contributed by atoms with Gasteiger partial charge < -0.3 is 10.6 Å². The van der Waals surface area contributed by atoms with Crippen LogP contribution in [-0.4, -0.2) is 17.6 Å². The highest BCUT2D eigenvalue weighted by Crippen LogP contribution is 2.32. The fraction of sp³-hybridized carbons (Fsp3) is 0.583. The molecule has 0 radical (unpaired) electrons. The van der Waals surface area contributed by atoms with Gasteiger partial charge in [-0.2, -0.15) is 0 Å². The lowest BCUT2D eigenvalue weighted by molar-refractivity contribution is 0.743. The van der Waals surface area contributed by atoms with Crippen LogP contribution >= 0.6 is 0 Å². The van der Waals surface area contributed by atoms with Crippen molar-refractivity contribution >= 4 is 5.82 Å². The van der Waals surface area contributed by atoms with Gasteiger partial charge >= 0.3 is 0 Å². The molecule has 0 unspecified atom stereocenters. The molecular formula is C12H19N3. The Morgan fingerprint density at radius 2 is 2.33 bits per heavy atom. The van der Waals surface area contributed by atoms with Crippen molar-refractivity contribution in [1.29, 1.82) is 0 Å². The Hall–Kier alpha value is -1.09. The van der Waals surface area contributed by atoms with Gasteiger partial charge in [0.15, 0.2) is 0 Å². The van der Waals surface area contributed by atoms with Gasteiger partial charge in [-0.3, -0.25) is 0 Å². The molecule has 0 amide bonds. The minimum Gasteiger partial charge on any atom is -0.353 e. The van der Waals surface area contributed by atoms with Crippen molar-refractivity contribution in [3.63, 3.8) is 0 Å². The van der Waals surface area contributed by atoms with Crippen LogP contribution in [0.15, 0.2) is 18.3 Å². The highest BCUT2D eigenvalue weighted by atomic mass is 15.2. The largest absolute Gasteiger partial charge is 0.353 e. The third-order valence-corrected chi connectivity index (χ3v) is 2.81.